The van der Waals surface area contributed by atoms with Crippen molar-refractivity contribution in [1.82, 2.24) is 10.3 Å². The monoisotopic (exact) mass is 446 g/mol. The van der Waals surface area contributed by atoms with Crippen LogP contribution in [0.15, 0.2) is 17.3 Å². The number of nitrogens with zero attached hydrogens (tertiary/aromatic N) is 2. The number of ether oxygens (including phenoxy) is 1. The van der Waals surface area contributed by atoms with Crippen LogP contribution in [0.4, 0.5) is 0 Å². The van der Waals surface area contributed by atoms with Gasteiger partial charge in [-0.2, -0.15) is 0 Å². The van der Waals surface area contributed by atoms with Crippen molar-refractivity contribution < 1.29 is 4.74 Å². The molecule has 0 fully saturated rings. The molecule has 0 aliphatic rings. The first-order chi connectivity index (χ1) is 9.49. The van der Waals surface area contributed by atoms with Gasteiger partial charge in [-0.25, -0.2) is 4.98 Å². The van der Waals surface area contributed by atoms with Crippen molar-refractivity contribution in [2.75, 3.05) is 19.7 Å². The van der Waals surface area contributed by atoms with E-state index in [9.17, 15) is 0 Å². The lowest BCUT2D eigenvalue weighted by molar-refractivity contribution is 0.310. The second-order valence-electron chi connectivity index (χ2n) is 4.67. The Kier molecular flexibility index (Phi) is 10.9. The van der Waals surface area contributed by atoms with E-state index in [1.807, 2.05) is 0 Å². The summed E-state index contributed by atoms with van der Waals surface area (Å²) in [6.45, 7) is 5.93. The Bertz CT molecular complexity index is 458. The summed E-state index contributed by atoms with van der Waals surface area (Å²) in [5, 5.41) is 3.82. The second-order valence-corrected chi connectivity index (χ2v) is 5.51. The Hall–Kier alpha value is -0.470. The van der Waals surface area contributed by atoms with Gasteiger partial charge in [0.25, 0.3) is 0 Å². The fourth-order valence-electron chi connectivity index (χ4n) is 1.33. The highest BCUT2D eigenvalue weighted by molar-refractivity contribution is 14.0. The average molecular weight is 447 g/mol. The maximum Gasteiger partial charge on any atom is 0.232 e. The van der Waals surface area contributed by atoms with E-state index in [1.165, 1.54) is 6.20 Å². The van der Waals surface area contributed by atoms with E-state index >= 15 is 0 Å². The van der Waals surface area contributed by atoms with Gasteiger partial charge in [-0.1, -0.05) is 37.0 Å². The van der Waals surface area contributed by atoms with E-state index in [4.69, 9.17) is 33.7 Å². The van der Waals surface area contributed by atoms with Crippen LogP contribution in [0.1, 0.15) is 20.3 Å². The average Bonchev–Trinajstić information content (AvgIpc) is 2.36. The number of rotatable bonds is 7. The maximum atomic E-state index is 5.93. The molecule has 0 unspecified atom stereocenters. The molecule has 0 aliphatic heterocycles. The Morgan fingerprint density at radius 3 is 2.81 bits per heavy atom. The molecule has 5 nitrogen and oxygen atoms in total. The quantitative estimate of drug-likeness (QED) is 0.291. The fourth-order valence-corrected chi connectivity index (χ4v) is 1.77. The summed E-state index contributed by atoms with van der Waals surface area (Å²) >= 11 is 11.7. The van der Waals surface area contributed by atoms with E-state index in [-0.39, 0.29) is 24.0 Å². The number of aliphatic imine (C=N–C) groups is 1. The molecule has 21 heavy (non-hydrogen) atoms. The summed E-state index contributed by atoms with van der Waals surface area (Å²) in [5.74, 6) is 1.39. The third-order valence-electron chi connectivity index (χ3n) is 2.41. The van der Waals surface area contributed by atoms with E-state index in [2.05, 4.69) is 29.1 Å². The van der Waals surface area contributed by atoms with Gasteiger partial charge in [-0.05, 0) is 18.4 Å². The summed E-state index contributed by atoms with van der Waals surface area (Å²) in [6, 6.07) is 1.58. The molecule has 0 saturated heterocycles. The number of nitrogens with two attached hydrogens (primary N) is 1. The number of pyridine rings is 1. The van der Waals surface area contributed by atoms with Crippen LogP contribution in [0.3, 0.4) is 0 Å². The lowest BCUT2D eigenvalue weighted by atomic mass is 10.1. The minimum atomic E-state index is 0. The van der Waals surface area contributed by atoms with Crippen molar-refractivity contribution >= 4 is 53.1 Å². The molecule has 0 atom stereocenters. The lowest BCUT2D eigenvalue weighted by Gasteiger charge is -2.09. The lowest BCUT2D eigenvalue weighted by Crippen LogP contribution is -2.35. The Morgan fingerprint density at radius 1 is 1.48 bits per heavy atom. The Labute approximate surface area is 152 Å². The van der Waals surface area contributed by atoms with Crippen LogP contribution < -0.4 is 15.8 Å². The molecule has 0 aromatic carbocycles. The largest absolute Gasteiger partial charge is 0.475 e. The molecule has 120 valence electrons. The van der Waals surface area contributed by atoms with Crippen molar-refractivity contribution in [3.63, 3.8) is 0 Å². The Morgan fingerprint density at radius 2 is 2.19 bits per heavy atom. The van der Waals surface area contributed by atoms with Crippen LogP contribution in [-0.4, -0.2) is 30.6 Å². The first-order valence-electron chi connectivity index (χ1n) is 6.46. The van der Waals surface area contributed by atoms with Gasteiger partial charge in [0.2, 0.25) is 5.88 Å². The highest BCUT2D eigenvalue weighted by atomic mass is 127. The summed E-state index contributed by atoms with van der Waals surface area (Å²) in [7, 11) is 0. The number of hydrogen-bond acceptors (Lipinski definition) is 3. The molecular formula is C13H21Cl2IN4O. The highest BCUT2D eigenvalue weighted by Crippen LogP contribution is 2.24. The summed E-state index contributed by atoms with van der Waals surface area (Å²) in [4.78, 5) is 8.19. The first-order valence-corrected chi connectivity index (χ1v) is 7.22. The molecule has 1 heterocycles. The van der Waals surface area contributed by atoms with Gasteiger partial charge in [0.15, 0.2) is 5.96 Å². The molecule has 1 aromatic heterocycles. The van der Waals surface area contributed by atoms with E-state index in [0.717, 1.165) is 13.0 Å². The molecule has 0 bridgehead atoms. The summed E-state index contributed by atoms with van der Waals surface area (Å²) in [6.07, 6.45) is 2.50. The van der Waals surface area contributed by atoms with Crippen molar-refractivity contribution in [3.05, 3.63) is 22.3 Å². The zero-order valence-corrected chi connectivity index (χ0v) is 15.9. The van der Waals surface area contributed by atoms with Crippen LogP contribution in [-0.2, 0) is 0 Å². The second kappa shape index (κ2) is 11.1. The van der Waals surface area contributed by atoms with Gasteiger partial charge < -0.3 is 15.8 Å². The van der Waals surface area contributed by atoms with Crippen LogP contribution in [0.5, 0.6) is 5.88 Å². The van der Waals surface area contributed by atoms with Crippen LogP contribution >= 0.6 is 47.2 Å². The molecule has 8 heteroatoms. The van der Waals surface area contributed by atoms with E-state index < -0.39 is 0 Å². The van der Waals surface area contributed by atoms with Gasteiger partial charge in [0, 0.05) is 12.7 Å². The van der Waals surface area contributed by atoms with Crippen molar-refractivity contribution in [2.45, 2.75) is 20.3 Å². The maximum absolute atomic E-state index is 5.93. The molecule has 0 amide bonds. The molecule has 3 N–H and O–H groups in total. The molecule has 0 aliphatic carbocycles. The standard InChI is InChI=1S/C13H20Cl2N4O.HI/c1-9(2)3-4-17-13(16)18-5-6-20-12-11(15)7-10(14)8-19-12;/h7-9H,3-6H2,1-2H3,(H3,16,17,18);1H. The minimum absolute atomic E-state index is 0. The third kappa shape index (κ3) is 9.21. The van der Waals surface area contributed by atoms with Crippen LogP contribution in [0.2, 0.25) is 10.0 Å². The third-order valence-corrected chi connectivity index (χ3v) is 2.89. The van der Waals surface area contributed by atoms with Gasteiger partial charge in [0.05, 0.1) is 11.6 Å². The minimum Gasteiger partial charge on any atom is -0.475 e. The SMILES string of the molecule is CC(C)CCN=C(N)NCCOc1ncc(Cl)cc1Cl.I. The predicted octanol–water partition coefficient (Wildman–Crippen LogP) is 3.34. The van der Waals surface area contributed by atoms with E-state index in [1.54, 1.807) is 6.07 Å². The zero-order chi connectivity index (χ0) is 15.0. The normalized spacial score (nSPS) is 11.2. The first kappa shape index (κ1) is 20.5. The van der Waals surface area contributed by atoms with Gasteiger partial charge in [0.1, 0.15) is 11.6 Å². The number of nitrogens with one attached hydrogen (secondary N) is 1. The predicted molar refractivity (Wildman–Crippen MR) is 99.1 cm³/mol. The molecule has 0 saturated carbocycles. The number of hydrogen-bond donors (Lipinski definition) is 2. The molecule has 1 rings (SSSR count). The topological polar surface area (TPSA) is 72.5 Å². The van der Waals surface area contributed by atoms with Gasteiger partial charge in [-0.3, -0.25) is 4.99 Å². The molecule has 0 spiro atoms. The number of aromatic nitrogens is 1. The highest BCUT2D eigenvalue weighted by Gasteiger charge is 2.03. The van der Waals surface area contributed by atoms with Crippen LogP contribution in [0.25, 0.3) is 0 Å². The fraction of sp³-hybridized carbons (Fsp3) is 0.538. The smallest absolute Gasteiger partial charge is 0.232 e. The van der Waals surface area contributed by atoms with Crippen molar-refractivity contribution in [2.24, 2.45) is 16.6 Å². The number of halogens is 3. The van der Waals surface area contributed by atoms with Crippen LogP contribution in [0, 0.1) is 5.92 Å². The van der Waals surface area contributed by atoms with Gasteiger partial charge >= 0.3 is 0 Å². The summed E-state index contributed by atoms with van der Waals surface area (Å²) < 4.78 is 5.41. The molecule has 1 aromatic rings. The molecule has 0 radical (unpaired) electrons. The van der Waals surface area contributed by atoms with Crippen molar-refractivity contribution in [3.8, 4) is 5.88 Å². The van der Waals surface area contributed by atoms with Crippen molar-refractivity contribution in [1.29, 1.82) is 0 Å². The van der Waals surface area contributed by atoms with E-state index in [0.29, 0.717) is 41.0 Å². The zero-order valence-electron chi connectivity index (χ0n) is 12.1. The molecular weight excluding hydrogens is 426 g/mol. The van der Waals surface area contributed by atoms with Gasteiger partial charge in [-0.15, -0.1) is 24.0 Å². The number of guanidine groups is 1. The Balaban J connectivity index is 0.00000400. The summed E-state index contributed by atoms with van der Waals surface area (Å²) in [5.41, 5.74) is 5.71.